The first-order valence-corrected chi connectivity index (χ1v) is 7.82. The summed E-state index contributed by atoms with van der Waals surface area (Å²) >= 11 is 2.18. The standard InChI is InChI=1S/C12H26N2O4S2/c1-9(17)19-13(3,4)11(7-15)12(8-16)14(5,6)20-10(2)18/h11-12,15-16H,7-8H2,1-6H3/q+2. The zero-order valence-corrected chi connectivity index (χ0v) is 14.6. The average molecular weight is 326 g/mol. The van der Waals surface area contributed by atoms with E-state index < -0.39 is 0 Å². The van der Waals surface area contributed by atoms with E-state index in [2.05, 4.69) is 0 Å². The highest BCUT2D eigenvalue weighted by molar-refractivity contribution is 8.09. The average Bonchev–Trinajstić information content (AvgIpc) is 2.20. The van der Waals surface area contributed by atoms with Gasteiger partial charge in [-0.3, -0.25) is 17.4 Å². The van der Waals surface area contributed by atoms with Gasteiger partial charge in [0.1, 0.15) is 13.2 Å². The number of hydrogen-bond acceptors (Lipinski definition) is 6. The third-order valence-corrected chi connectivity index (χ3v) is 5.14. The van der Waals surface area contributed by atoms with Crippen LogP contribution in [0.1, 0.15) is 13.8 Å². The number of hydrogen-bond donors (Lipinski definition) is 2. The highest BCUT2D eigenvalue weighted by atomic mass is 32.2. The maximum Gasteiger partial charge on any atom is 0.242 e. The van der Waals surface area contributed by atoms with Crippen LogP contribution in [0.2, 0.25) is 0 Å². The third kappa shape index (κ3) is 5.71. The van der Waals surface area contributed by atoms with Crippen molar-refractivity contribution in [2.24, 2.45) is 0 Å². The highest BCUT2D eigenvalue weighted by Crippen LogP contribution is 2.32. The molecule has 0 aliphatic rings. The molecule has 2 N–H and O–H groups in total. The van der Waals surface area contributed by atoms with E-state index in [1.54, 1.807) is 0 Å². The van der Waals surface area contributed by atoms with Crippen LogP contribution in [0.5, 0.6) is 0 Å². The fourth-order valence-corrected chi connectivity index (χ4v) is 4.27. The Balaban J connectivity index is 5.35. The summed E-state index contributed by atoms with van der Waals surface area (Å²) in [6.07, 6.45) is 0. The molecule has 0 aliphatic heterocycles. The second kappa shape index (κ2) is 7.77. The van der Waals surface area contributed by atoms with E-state index in [1.807, 2.05) is 28.2 Å². The SMILES string of the molecule is CC(=O)S[N+](C)(C)C(CO)C(CO)[N+](C)(C)SC(C)=O. The normalized spacial score (nSPS) is 15.8. The van der Waals surface area contributed by atoms with Gasteiger partial charge in [0.2, 0.25) is 10.2 Å². The lowest BCUT2D eigenvalue weighted by atomic mass is 10.1. The van der Waals surface area contributed by atoms with Gasteiger partial charge < -0.3 is 10.2 Å². The fourth-order valence-electron chi connectivity index (χ4n) is 2.26. The minimum atomic E-state index is -0.379. The van der Waals surface area contributed by atoms with Crippen LogP contribution in [0, 0.1) is 0 Å². The number of aliphatic hydroxyl groups excluding tert-OH is 2. The molecule has 0 aliphatic carbocycles. The van der Waals surface area contributed by atoms with Gasteiger partial charge in [-0.25, -0.2) is 0 Å². The number of carbonyl (C=O) groups excluding carboxylic acids is 2. The highest BCUT2D eigenvalue weighted by Gasteiger charge is 2.47. The molecule has 118 valence electrons. The molecule has 0 aromatic heterocycles. The quantitative estimate of drug-likeness (QED) is 0.516. The summed E-state index contributed by atoms with van der Waals surface area (Å²) in [7, 11) is 7.25. The third-order valence-electron chi connectivity index (χ3n) is 3.14. The Bertz CT molecular complexity index is 327. The number of aliphatic hydroxyl groups is 2. The van der Waals surface area contributed by atoms with Crippen molar-refractivity contribution in [2.45, 2.75) is 25.9 Å². The van der Waals surface area contributed by atoms with Crippen LogP contribution in [0.25, 0.3) is 0 Å². The number of likely N-dealkylation sites (N-methyl/N-ethyl adjacent to an activating group) is 2. The van der Waals surface area contributed by atoms with Crippen molar-refractivity contribution in [3.63, 3.8) is 0 Å². The van der Waals surface area contributed by atoms with Crippen molar-refractivity contribution in [3.8, 4) is 0 Å². The lowest BCUT2D eigenvalue weighted by Gasteiger charge is -2.42. The minimum absolute atomic E-state index is 0.0605. The van der Waals surface area contributed by atoms with Gasteiger partial charge in [0, 0.05) is 13.8 Å². The molecule has 0 saturated carbocycles. The molecule has 8 heteroatoms. The number of nitrogens with zero attached hydrogens (tertiary/aromatic N) is 2. The van der Waals surface area contributed by atoms with Gasteiger partial charge >= 0.3 is 0 Å². The van der Waals surface area contributed by atoms with E-state index in [-0.39, 0.29) is 43.3 Å². The lowest BCUT2D eigenvalue weighted by Crippen LogP contribution is -2.62. The van der Waals surface area contributed by atoms with Gasteiger partial charge in [-0.1, -0.05) is 0 Å². The van der Waals surface area contributed by atoms with Gasteiger partial charge in [-0.15, -0.1) is 0 Å². The molecule has 0 bridgehead atoms. The Kier molecular flexibility index (Phi) is 7.72. The summed E-state index contributed by atoms with van der Waals surface area (Å²) in [5, 5.41) is 19.3. The topological polar surface area (TPSA) is 74.6 Å². The van der Waals surface area contributed by atoms with Gasteiger partial charge in [0.05, 0.1) is 28.2 Å². The summed E-state index contributed by atoms with van der Waals surface area (Å²) in [6, 6.07) is -0.758. The smallest absolute Gasteiger partial charge is 0.242 e. The predicted octanol–water partition coefficient (Wildman–Crippen LogP) is 0.250. The Hall–Kier alpha value is -0.120. The van der Waals surface area contributed by atoms with Crippen LogP contribution in [0.15, 0.2) is 0 Å². The first kappa shape index (κ1) is 19.9. The zero-order valence-electron chi connectivity index (χ0n) is 13.0. The molecule has 0 aromatic carbocycles. The Labute approximate surface area is 129 Å². The summed E-state index contributed by atoms with van der Waals surface area (Å²) in [5.41, 5.74) is 0. The minimum Gasteiger partial charge on any atom is -0.390 e. The van der Waals surface area contributed by atoms with Crippen LogP contribution in [0.4, 0.5) is 0 Å². The van der Waals surface area contributed by atoms with Crippen molar-refractivity contribution >= 4 is 34.1 Å². The van der Waals surface area contributed by atoms with E-state index in [0.29, 0.717) is 0 Å². The molecule has 2 unspecified atom stereocenters. The first-order chi connectivity index (χ1) is 8.97. The van der Waals surface area contributed by atoms with Gasteiger partial charge in [-0.2, -0.15) is 0 Å². The largest absolute Gasteiger partial charge is 0.390 e. The first-order valence-electron chi connectivity index (χ1n) is 6.27. The number of carbonyl (C=O) groups is 2. The van der Waals surface area contributed by atoms with Crippen LogP contribution < -0.4 is 0 Å². The molecule has 0 heterocycles. The summed E-state index contributed by atoms with van der Waals surface area (Å²) in [5.74, 6) is 0. The molecule has 2 atom stereocenters. The molecular formula is C12H26N2O4S2+2. The van der Waals surface area contributed by atoms with Crippen molar-refractivity contribution in [1.29, 1.82) is 0 Å². The van der Waals surface area contributed by atoms with Gasteiger partial charge in [0.15, 0.2) is 36.0 Å². The summed E-state index contributed by atoms with van der Waals surface area (Å²) in [4.78, 5) is 22.7. The molecule has 6 nitrogen and oxygen atoms in total. The molecule has 0 aromatic rings. The number of rotatable bonds is 7. The molecule has 0 amide bonds. The van der Waals surface area contributed by atoms with Crippen LogP contribution in [0.3, 0.4) is 0 Å². The Morgan fingerprint density at radius 2 is 1.10 bits per heavy atom. The van der Waals surface area contributed by atoms with E-state index in [1.165, 1.54) is 13.8 Å². The van der Waals surface area contributed by atoms with Crippen molar-refractivity contribution in [3.05, 3.63) is 0 Å². The van der Waals surface area contributed by atoms with Gasteiger partial charge in [-0.05, 0) is 0 Å². The monoisotopic (exact) mass is 326 g/mol. The van der Waals surface area contributed by atoms with Crippen molar-refractivity contribution in [2.75, 3.05) is 41.4 Å². The molecule has 0 radical (unpaired) electrons. The van der Waals surface area contributed by atoms with E-state index in [0.717, 1.165) is 23.9 Å². The maximum absolute atomic E-state index is 11.4. The summed E-state index contributed by atoms with van der Waals surface area (Å²) in [6.45, 7) is 2.58. The molecule has 0 fully saturated rings. The van der Waals surface area contributed by atoms with E-state index in [4.69, 9.17) is 0 Å². The lowest BCUT2D eigenvalue weighted by molar-refractivity contribution is -0.857. The maximum atomic E-state index is 11.4. The van der Waals surface area contributed by atoms with E-state index >= 15 is 0 Å². The fraction of sp³-hybridized carbons (Fsp3) is 0.833. The molecule has 0 rings (SSSR count). The Morgan fingerprint density at radius 3 is 1.25 bits per heavy atom. The van der Waals surface area contributed by atoms with Gasteiger partial charge in [0.25, 0.3) is 0 Å². The second-order valence-corrected chi connectivity index (χ2v) is 8.93. The molecule has 20 heavy (non-hydrogen) atoms. The van der Waals surface area contributed by atoms with E-state index in [9.17, 15) is 19.8 Å². The summed E-state index contributed by atoms with van der Waals surface area (Å²) < 4.78 is 0.383. The molecular weight excluding hydrogens is 300 g/mol. The van der Waals surface area contributed by atoms with Crippen LogP contribution in [-0.2, 0) is 9.59 Å². The molecule has 0 spiro atoms. The van der Waals surface area contributed by atoms with Crippen molar-refractivity contribution in [1.82, 2.24) is 0 Å². The second-order valence-electron chi connectivity index (χ2n) is 5.53. The number of quaternary nitrogens is 2. The van der Waals surface area contributed by atoms with Crippen molar-refractivity contribution < 1.29 is 27.6 Å². The Morgan fingerprint density at radius 1 is 0.850 bits per heavy atom. The van der Waals surface area contributed by atoms with Crippen LogP contribution >= 0.6 is 23.9 Å². The van der Waals surface area contributed by atoms with Crippen LogP contribution in [-0.4, -0.2) is 81.7 Å². The zero-order chi connectivity index (χ0) is 16.1. The molecule has 0 saturated heterocycles. The predicted molar refractivity (Wildman–Crippen MR) is 82.5 cm³/mol.